The molecule has 170 valence electrons. The molecule has 4 rings (SSSR count). The quantitative estimate of drug-likeness (QED) is 0.337. The summed E-state index contributed by atoms with van der Waals surface area (Å²) in [5, 5.41) is 11.9. The summed E-state index contributed by atoms with van der Waals surface area (Å²) in [6.07, 6.45) is 1.66. The maximum atomic E-state index is 14.2. The lowest BCUT2D eigenvalue weighted by molar-refractivity contribution is 0.102. The number of nitrogens with one attached hydrogen (secondary N) is 1. The zero-order valence-electron chi connectivity index (χ0n) is 17.8. The summed E-state index contributed by atoms with van der Waals surface area (Å²) >= 11 is 9.52. The van der Waals surface area contributed by atoms with Crippen molar-refractivity contribution in [1.29, 1.82) is 0 Å². The highest BCUT2D eigenvalue weighted by Crippen LogP contribution is 2.25. The molecule has 1 N–H and O–H groups in total. The standard InChI is InChI=1S/C23H20BrClFN5O2/c1-14-22(15(2)31(28-14)12-18-19(25)4-3-5-20(18)26)27-23(32)21-10-11-30(29-21)13-33-17-8-6-16(24)7-9-17/h3-11H,12-13H2,1-2H3,(H,27,32). The highest BCUT2D eigenvalue weighted by molar-refractivity contribution is 9.10. The Morgan fingerprint density at radius 2 is 1.91 bits per heavy atom. The van der Waals surface area contributed by atoms with E-state index in [1.54, 1.807) is 42.9 Å². The van der Waals surface area contributed by atoms with E-state index in [4.69, 9.17) is 16.3 Å². The fourth-order valence-corrected chi connectivity index (χ4v) is 3.76. The van der Waals surface area contributed by atoms with Crippen LogP contribution in [0.5, 0.6) is 5.75 Å². The van der Waals surface area contributed by atoms with E-state index in [9.17, 15) is 9.18 Å². The van der Waals surface area contributed by atoms with Crippen molar-refractivity contribution in [3.63, 3.8) is 0 Å². The van der Waals surface area contributed by atoms with Crippen molar-refractivity contribution in [1.82, 2.24) is 19.6 Å². The second kappa shape index (κ2) is 9.76. The van der Waals surface area contributed by atoms with Crippen LogP contribution in [0.25, 0.3) is 0 Å². The number of nitrogens with zero attached hydrogens (tertiary/aromatic N) is 4. The average Bonchev–Trinajstić information content (AvgIpc) is 3.36. The number of anilines is 1. The molecule has 4 aromatic rings. The number of carbonyl (C=O) groups is 1. The minimum Gasteiger partial charge on any atom is -0.471 e. The second-order valence-corrected chi connectivity index (χ2v) is 8.65. The van der Waals surface area contributed by atoms with Gasteiger partial charge in [-0.15, -0.1) is 0 Å². The summed E-state index contributed by atoms with van der Waals surface area (Å²) in [5.74, 6) is -0.100. The largest absolute Gasteiger partial charge is 0.471 e. The molecular weight excluding hydrogens is 513 g/mol. The van der Waals surface area contributed by atoms with Crippen molar-refractivity contribution in [3.05, 3.63) is 92.7 Å². The molecule has 0 saturated heterocycles. The number of amides is 1. The lowest BCUT2D eigenvalue weighted by atomic mass is 10.2. The van der Waals surface area contributed by atoms with Gasteiger partial charge in [0.25, 0.3) is 5.91 Å². The maximum Gasteiger partial charge on any atom is 0.276 e. The Morgan fingerprint density at radius 3 is 2.64 bits per heavy atom. The Kier molecular flexibility index (Phi) is 6.80. The van der Waals surface area contributed by atoms with Crippen LogP contribution < -0.4 is 10.1 Å². The summed E-state index contributed by atoms with van der Waals surface area (Å²) in [4.78, 5) is 12.8. The number of aryl methyl sites for hydroxylation is 1. The predicted molar refractivity (Wildman–Crippen MR) is 127 cm³/mol. The molecule has 0 radical (unpaired) electrons. The van der Waals surface area contributed by atoms with E-state index in [1.165, 1.54) is 10.7 Å². The van der Waals surface area contributed by atoms with Crippen LogP contribution >= 0.6 is 27.5 Å². The zero-order chi connectivity index (χ0) is 23.5. The van der Waals surface area contributed by atoms with Crippen molar-refractivity contribution in [2.45, 2.75) is 27.1 Å². The number of hydrogen-bond acceptors (Lipinski definition) is 4. The average molecular weight is 533 g/mol. The van der Waals surface area contributed by atoms with Crippen LogP contribution in [0.15, 0.2) is 59.2 Å². The van der Waals surface area contributed by atoms with Gasteiger partial charge in [-0.1, -0.05) is 33.6 Å². The summed E-state index contributed by atoms with van der Waals surface area (Å²) < 4.78 is 23.9. The molecule has 33 heavy (non-hydrogen) atoms. The van der Waals surface area contributed by atoms with E-state index in [2.05, 4.69) is 31.4 Å². The van der Waals surface area contributed by atoms with Crippen LogP contribution in [-0.4, -0.2) is 25.5 Å². The Balaban J connectivity index is 1.44. The minimum atomic E-state index is -0.406. The van der Waals surface area contributed by atoms with E-state index in [0.29, 0.717) is 33.4 Å². The van der Waals surface area contributed by atoms with Gasteiger partial charge in [0, 0.05) is 21.3 Å². The molecule has 10 heteroatoms. The number of benzene rings is 2. The van der Waals surface area contributed by atoms with Crippen molar-refractivity contribution in [2.24, 2.45) is 0 Å². The fourth-order valence-electron chi connectivity index (χ4n) is 3.27. The molecule has 2 heterocycles. The van der Waals surface area contributed by atoms with E-state index in [0.717, 1.165) is 4.47 Å². The van der Waals surface area contributed by atoms with Crippen molar-refractivity contribution < 1.29 is 13.9 Å². The van der Waals surface area contributed by atoms with Crippen LogP contribution in [0.2, 0.25) is 5.02 Å². The van der Waals surface area contributed by atoms with E-state index in [-0.39, 0.29) is 24.9 Å². The van der Waals surface area contributed by atoms with Gasteiger partial charge in [0.05, 0.1) is 23.6 Å². The number of rotatable bonds is 7. The first-order valence-corrected chi connectivity index (χ1v) is 11.2. The van der Waals surface area contributed by atoms with Crippen molar-refractivity contribution in [3.8, 4) is 5.75 Å². The normalized spacial score (nSPS) is 10.9. The monoisotopic (exact) mass is 531 g/mol. The van der Waals surface area contributed by atoms with Gasteiger partial charge in [-0.05, 0) is 56.3 Å². The molecule has 0 atom stereocenters. The lowest BCUT2D eigenvalue weighted by Crippen LogP contribution is -2.15. The Morgan fingerprint density at radius 1 is 1.15 bits per heavy atom. The molecule has 0 bridgehead atoms. The van der Waals surface area contributed by atoms with Crippen LogP contribution in [0.4, 0.5) is 10.1 Å². The van der Waals surface area contributed by atoms with E-state index >= 15 is 0 Å². The lowest BCUT2D eigenvalue weighted by Gasteiger charge is -2.09. The van der Waals surface area contributed by atoms with Gasteiger partial charge in [0.1, 0.15) is 11.6 Å². The third-order valence-corrected chi connectivity index (χ3v) is 5.92. The Labute approximate surface area is 203 Å². The van der Waals surface area contributed by atoms with Gasteiger partial charge in [-0.25, -0.2) is 9.07 Å². The molecule has 0 saturated carbocycles. The SMILES string of the molecule is Cc1nn(Cc2c(F)cccc2Cl)c(C)c1NC(=O)c1ccn(COc2ccc(Br)cc2)n1. The van der Waals surface area contributed by atoms with E-state index in [1.807, 2.05) is 24.3 Å². The van der Waals surface area contributed by atoms with Gasteiger partial charge in [0.15, 0.2) is 12.4 Å². The molecule has 2 aromatic heterocycles. The molecule has 7 nitrogen and oxygen atoms in total. The van der Waals surface area contributed by atoms with E-state index < -0.39 is 5.82 Å². The van der Waals surface area contributed by atoms with Crippen LogP contribution in [0.1, 0.15) is 27.4 Å². The Hall–Kier alpha value is -3.17. The van der Waals surface area contributed by atoms with Crippen LogP contribution in [-0.2, 0) is 13.3 Å². The smallest absolute Gasteiger partial charge is 0.276 e. The molecular formula is C23H20BrClFN5O2. The van der Waals surface area contributed by atoms with Gasteiger partial charge < -0.3 is 10.1 Å². The number of halogens is 3. The summed E-state index contributed by atoms with van der Waals surface area (Å²) in [6.45, 7) is 3.88. The first-order chi connectivity index (χ1) is 15.8. The first-order valence-electron chi connectivity index (χ1n) is 10.0. The molecule has 2 aromatic carbocycles. The zero-order valence-corrected chi connectivity index (χ0v) is 20.2. The molecule has 0 aliphatic heterocycles. The number of ether oxygens (including phenoxy) is 1. The van der Waals surface area contributed by atoms with Gasteiger partial charge in [-0.3, -0.25) is 9.48 Å². The van der Waals surface area contributed by atoms with Crippen molar-refractivity contribution >= 4 is 39.1 Å². The molecule has 1 amide bonds. The van der Waals surface area contributed by atoms with Crippen molar-refractivity contribution in [2.75, 3.05) is 5.32 Å². The van der Waals surface area contributed by atoms with Crippen LogP contribution in [0.3, 0.4) is 0 Å². The predicted octanol–water partition coefficient (Wildman–Crippen LogP) is 5.59. The number of hydrogen-bond donors (Lipinski definition) is 1. The van der Waals surface area contributed by atoms with Gasteiger partial charge in [0.2, 0.25) is 0 Å². The molecule has 0 unspecified atom stereocenters. The topological polar surface area (TPSA) is 74.0 Å². The highest BCUT2D eigenvalue weighted by Gasteiger charge is 2.18. The van der Waals surface area contributed by atoms with Gasteiger partial charge >= 0.3 is 0 Å². The number of aromatic nitrogens is 4. The molecule has 0 aliphatic rings. The highest BCUT2D eigenvalue weighted by atomic mass is 79.9. The molecule has 0 spiro atoms. The first kappa shape index (κ1) is 23.0. The van der Waals surface area contributed by atoms with Gasteiger partial charge in [-0.2, -0.15) is 10.2 Å². The summed E-state index contributed by atoms with van der Waals surface area (Å²) in [6, 6.07) is 13.6. The summed E-state index contributed by atoms with van der Waals surface area (Å²) in [7, 11) is 0. The minimum absolute atomic E-state index is 0.149. The third kappa shape index (κ3) is 5.26. The molecule has 0 fully saturated rings. The van der Waals surface area contributed by atoms with Crippen LogP contribution in [0, 0.1) is 19.7 Å². The fraction of sp³-hybridized carbons (Fsp3) is 0.174. The maximum absolute atomic E-state index is 14.2. The second-order valence-electron chi connectivity index (χ2n) is 7.33. The Bertz CT molecular complexity index is 1280. The third-order valence-electron chi connectivity index (χ3n) is 5.04. The number of carbonyl (C=O) groups excluding carboxylic acids is 1. The molecule has 0 aliphatic carbocycles. The summed E-state index contributed by atoms with van der Waals surface area (Å²) in [5.41, 5.74) is 2.41.